The zero-order valence-corrected chi connectivity index (χ0v) is 8.14. The molecule has 0 aliphatic carbocycles. The first-order valence-corrected chi connectivity index (χ1v) is 4.26. The van der Waals surface area contributed by atoms with E-state index in [-0.39, 0.29) is 0 Å². The van der Waals surface area contributed by atoms with Crippen LogP contribution < -0.4 is 5.32 Å². The van der Waals surface area contributed by atoms with Crippen LogP contribution in [0.1, 0.15) is 0 Å². The van der Waals surface area contributed by atoms with Crippen LogP contribution in [0.25, 0.3) is 0 Å². The van der Waals surface area contributed by atoms with E-state index in [1.807, 2.05) is 0 Å². The molecule has 1 rings (SSSR count). The minimum atomic E-state index is -1.48. The van der Waals surface area contributed by atoms with E-state index in [1.54, 1.807) is 30.3 Å². The quantitative estimate of drug-likeness (QED) is 0.716. The largest absolute Gasteiger partial charge is 0.479 e. The van der Waals surface area contributed by atoms with Crippen molar-refractivity contribution < 1.29 is 19.4 Å². The Morgan fingerprint density at radius 2 is 1.93 bits per heavy atom. The molecule has 0 spiro atoms. The maximum atomic E-state index is 11.4. The second-order valence-corrected chi connectivity index (χ2v) is 2.81. The number of para-hydroxylation sites is 1. The molecule has 0 heterocycles. The number of rotatable bonds is 4. The van der Waals surface area contributed by atoms with Gasteiger partial charge in [-0.1, -0.05) is 18.2 Å². The van der Waals surface area contributed by atoms with Gasteiger partial charge in [-0.3, -0.25) is 4.79 Å². The van der Waals surface area contributed by atoms with E-state index in [2.05, 4.69) is 10.1 Å². The molecule has 1 atom stereocenters. The van der Waals surface area contributed by atoms with Crippen LogP contribution in [-0.4, -0.2) is 30.2 Å². The van der Waals surface area contributed by atoms with Gasteiger partial charge in [0.15, 0.2) is 0 Å². The molecule has 80 valence electrons. The van der Waals surface area contributed by atoms with Crippen LogP contribution >= 0.6 is 0 Å². The minimum Gasteiger partial charge on any atom is -0.479 e. The van der Waals surface area contributed by atoms with Crippen molar-refractivity contribution in [3.8, 4) is 0 Å². The van der Waals surface area contributed by atoms with Crippen LogP contribution in [0.5, 0.6) is 0 Å². The Morgan fingerprint density at radius 3 is 2.40 bits per heavy atom. The van der Waals surface area contributed by atoms with Gasteiger partial charge in [-0.25, -0.2) is 4.79 Å². The number of amides is 1. The Kier molecular flexibility index (Phi) is 3.82. The Morgan fingerprint density at radius 1 is 1.33 bits per heavy atom. The van der Waals surface area contributed by atoms with Crippen molar-refractivity contribution in [2.75, 3.05) is 12.4 Å². The first kappa shape index (κ1) is 11.2. The SMILES string of the molecule is COC(C(=O)O)C(=O)Nc1ccccc1. The number of carbonyl (C=O) groups is 2. The van der Waals surface area contributed by atoms with Crippen LogP contribution in [0.15, 0.2) is 30.3 Å². The molecule has 0 saturated carbocycles. The number of anilines is 1. The van der Waals surface area contributed by atoms with Gasteiger partial charge in [0.2, 0.25) is 6.10 Å². The van der Waals surface area contributed by atoms with Crippen molar-refractivity contribution in [1.29, 1.82) is 0 Å². The van der Waals surface area contributed by atoms with Crippen LogP contribution in [-0.2, 0) is 14.3 Å². The smallest absolute Gasteiger partial charge is 0.342 e. The number of benzene rings is 1. The summed E-state index contributed by atoms with van der Waals surface area (Å²) >= 11 is 0. The molecule has 2 N–H and O–H groups in total. The number of methoxy groups -OCH3 is 1. The van der Waals surface area contributed by atoms with E-state index in [0.717, 1.165) is 0 Å². The van der Waals surface area contributed by atoms with Gasteiger partial charge < -0.3 is 15.2 Å². The Labute approximate surface area is 86.7 Å². The third-order valence-electron chi connectivity index (χ3n) is 1.74. The molecule has 0 bridgehead atoms. The van der Waals surface area contributed by atoms with Gasteiger partial charge in [0, 0.05) is 12.8 Å². The van der Waals surface area contributed by atoms with Gasteiger partial charge in [-0.15, -0.1) is 0 Å². The topological polar surface area (TPSA) is 75.6 Å². The average molecular weight is 209 g/mol. The summed E-state index contributed by atoms with van der Waals surface area (Å²) in [6.07, 6.45) is -1.48. The number of nitrogens with one attached hydrogen (secondary N) is 1. The number of ether oxygens (including phenoxy) is 1. The summed E-state index contributed by atoms with van der Waals surface area (Å²) in [4.78, 5) is 21.9. The molecule has 1 aromatic rings. The molecule has 1 unspecified atom stereocenters. The molecule has 0 fully saturated rings. The lowest BCUT2D eigenvalue weighted by atomic mass is 10.3. The first-order valence-electron chi connectivity index (χ1n) is 4.26. The van der Waals surface area contributed by atoms with Crippen molar-refractivity contribution in [2.45, 2.75) is 6.10 Å². The fourth-order valence-electron chi connectivity index (χ4n) is 1.05. The van der Waals surface area contributed by atoms with Crippen molar-refractivity contribution in [3.05, 3.63) is 30.3 Å². The second kappa shape index (κ2) is 5.11. The Bertz CT molecular complexity index is 350. The maximum Gasteiger partial charge on any atom is 0.342 e. The van der Waals surface area contributed by atoms with E-state index >= 15 is 0 Å². The Balaban J connectivity index is 2.66. The van der Waals surface area contributed by atoms with Crippen LogP contribution in [0.4, 0.5) is 5.69 Å². The second-order valence-electron chi connectivity index (χ2n) is 2.81. The highest BCUT2D eigenvalue weighted by molar-refractivity contribution is 6.06. The van der Waals surface area contributed by atoms with Crippen LogP contribution in [0.3, 0.4) is 0 Å². The molecule has 0 aliphatic rings. The predicted molar refractivity (Wildman–Crippen MR) is 53.5 cm³/mol. The molecule has 0 aliphatic heterocycles. The fourth-order valence-corrected chi connectivity index (χ4v) is 1.05. The van der Waals surface area contributed by atoms with Gasteiger partial charge in [0.05, 0.1) is 0 Å². The molecular weight excluding hydrogens is 198 g/mol. The maximum absolute atomic E-state index is 11.4. The summed E-state index contributed by atoms with van der Waals surface area (Å²) in [5.74, 6) is -2.01. The van der Waals surface area contributed by atoms with Gasteiger partial charge in [-0.2, -0.15) is 0 Å². The molecule has 1 aromatic carbocycles. The predicted octanol–water partition coefficient (Wildman–Crippen LogP) is 0.725. The fraction of sp³-hybridized carbons (Fsp3) is 0.200. The van der Waals surface area contributed by atoms with E-state index < -0.39 is 18.0 Å². The highest BCUT2D eigenvalue weighted by Gasteiger charge is 2.25. The number of hydrogen-bond acceptors (Lipinski definition) is 3. The number of carbonyl (C=O) groups excluding carboxylic acids is 1. The molecule has 1 amide bonds. The summed E-state index contributed by atoms with van der Waals surface area (Å²) in [7, 11) is 1.17. The van der Waals surface area contributed by atoms with E-state index in [4.69, 9.17) is 5.11 Å². The Hall–Kier alpha value is -1.88. The molecule has 5 heteroatoms. The average Bonchev–Trinajstić information content (AvgIpc) is 2.19. The lowest BCUT2D eigenvalue weighted by Gasteiger charge is -2.10. The summed E-state index contributed by atoms with van der Waals surface area (Å²) in [5.41, 5.74) is 0.533. The standard InChI is InChI=1S/C10H11NO4/c1-15-8(10(13)14)9(12)11-7-5-3-2-4-6-7/h2-6,8H,1H3,(H,11,12)(H,13,14). The molecular formula is C10H11NO4. The minimum absolute atomic E-state index is 0.533. The van der Waals surface area contributed by atoms with Crippen LogP contribution in [0.2, 0.25) is 0 Å². The first-order chi connectivity index (χ1) is 7.15. The summed E-state index contributed by atoms with van der Waals surface area (Å²) < 4.78 is 4.53. The van der Waals surface area contributed by atoms with Gasteiger partial charge >= 0.3 is 5.97 Å². The van der Waals surface area contributed by atoms with Gasteiger partial charge in [-0.05, 0) is 12.1 Å². The number of aliphatic carboxylic acids is 1. The highest BCUT2D eigenvalue weighted by atomic mass is 16.5. The summed E-state index contributed by atoms with van der Waals surface area (Å²) in [6.45, 7) is 0. The van der Waals surface area contributed by atoms with E-state index in [1.165, 1.54) is 7.11 Å². The molecule has 5 nitrogen and oxygen atoms in total. The molecule has 0 saturated heterocycles. The van der Waals surface area contributed by atoms with E-state index in [0.29, 0.717) is 5.69 Å². The zero-order valence-electron chi connectivity index (χ0n) is 8.14. The normalized spacial score (nSPS) is 11.8. The highest BCUT2D eigenvalue weighted by Crippen LogP contribution is 2.06. The number of carboxylic acid groups (broad SMARTS) is 1. The lowest BCUT2D eigenvalue weighted by molar-refractivity contribution is -0.153. The van der Waals surface area contributed by atoms with Crippen LogP contribution in [0, 0.1) is 0 Å². The van der Waals surface area contributed by atoms with Crippen molar-refractivity contribution in [2.24, 2.45) is 0 Å². The van der Waals surface area contributed by atoms with Crippen molar-refractivity contribution in [3.63, 3.8) is 0 Å². The zero-order chi connectivity index (χ0) is 11.3. The monoisotopic (exact) mass is 209 g/mol. The van der Waals surface area contributed by atoms with E-state index in [9.17, 15) is 9.59 Å². The number of hydrogen-bond donors (Lipinski definition) is 2. The lowest BCUT2D eigenvalue weighted by Crippen LogP contribution is -2.36. The van der Waals surface area contributed by atoms with Crippen molar-refractivity contribution in [1.82, 2.24) is 0 Å². The van der Waals surface area contributed by atoms with Crippen molar-refractivity contribution >= 4 is 17.6 Å². The molecule has 0 aromatic heterocycles. The van der Waals surface area contributed by atoms with Gasteiger partial charge in [0.1, 0.15) is 0 Å². The summed E-state index contributed by atoms with van der Waals surface area (Å²) in [5, 5.41) is 11.1. The van der Waals surface area contributed by atoms with Gasteiger partial charge in [0.25, 0.3) is 5.91 Å². The molecule has 0 radical (unpaired) electrons. The third-order valence-corrected chi connectivity index (χ3v) is 1.74. The third kappa shape index (κ3) is 3.07. The number of carboxylic acids is 1. The summed E-state index contributed by atoms with van der Waals surface area (Å²) in [6, 6.07) is 8.58. The molecule has 15 heavy (non-hydrogen) atoms.